The molecule has 0 amide bonds. The molecule has 0 N–H and O–H groups in total. The summed E-state index contributed by atoms with van der Waals surface area (Å²) < 4.78 is 1.96. The lowest BCUT2D eigenvalue weighted by Crippen LogP contribution is -2.16. The number of nitrogens with zero attached hydrogens (tertiary/aromatic N) is 3. The number of hydrogen-bond donors (Lipinski definition) is 0. The second-order valence-corrected chi connectivity index (χ2v) is 6.08. The molecule has 1 heterocycles. The summed E-state index contributed by atoms with van der Waals surface area (Å²) in [5.41, 5.74) is 2.37. The summed E-state index contributed by atoms with van der Waals surface area (Å²) in [6.45, 7) is 8.72. The van der Waals surface area contributed by atoms with Crippen LogP contribution in [0.5, 0.6) is 0 Å². The molecule has 3 nitrogen and oxygen atoms in total. The number of aromatic nitrogens is 3. The molecule has 0 radical (unpaired) electrons. The zero-order valence-electron chi connectivity index (χ0n) is 11.9. The van der Waals surface area contributed by atoms with Crippen molar-refractivity contribution < 1.29 is 0 Å². The standard InChI is InChI=1S/C15H20ClN3/c1-5-8-13-17-18-14(16)19(13)12-10-7-6-9-11(12)15(2,3)4/h6-7,9-10H,5,8H2,1-4H3. The first kappa shape index (κ1) is 14.1. The highest BCUT2D eigenvalue weighted by Gasteiger charge is 2.21. The molecule has 0 fully saturated rings. The Balaban J connectivity index is 2.63. The van der Waals surface area contributed by atoms with Gasteiger partial charge in [0.05, 0.1) is 5.69 Å². The summed E-state index contributed by atoms with van der Waals surface area (Å²) in [7, 11) is 0. The van der Waals surface area contributed by atoms with E-state index in [2.05, 4.69) is 56.1 Å². The number of hydrogen-bond acceptors (Lipinski definition) is 2. The SMILES string of the molecule is CCCc1nnc(Cl)n1-c1ccccc1C(C)(C)C. The molecule has 0 aliphatic carbocycles. The van der Waals surface area contributed by atoms with E-state index < -0.39 is 0 Å². The fraction of sp³-hybridized carbons (Fsp3) is 0.467. The molecule has 1 aromatic heterocycles. The molecule has 0 saturated heterocycles. The predicted octanol–water partition coefficient (Wildman–Crippen LogP) is 4.17. The second kappa shape index (κ2) is 5.33. The number of aryl methyl sites for hydroxylation is 1. The second-order valence-electron chi connectivity index (χ2n) is 5.74. The van der Waals surface area contributed by atoms with E-state index in [4.69, 9.17) is 11.6 Å². The van der Waals surface area contributed by atoms with E-state index in [-0.39, 0.29) is 5.41 Å². The fourth-order valence-corrected chi connectivity index (χ4v) is 2.45. The summed E-state index contributed by atoms with van der Waals surface area (Å²) in [6, 6.07) is 8.30. The van der Waals surface area contributed by atoms with Gasteiger partial charge in [-0.05, 0) is 35.1 Å². The van der Waals surface area contributed by atoms with E-state index in [0.29, 0.717) is 5.28 Å². The minimum Gasteiger partial charge on any atom is -0.269 e. The van der Waals surface area contributed by atoms with E-state index in [1.165, 1.54) is 5.56 Å². The van der Waals surface area contributed by atoms with Crippen LogP contribution in [0.15, 0.2) is 24.3 Å². The number of halogens is 1. The van der Waals surface area contributed by atoms with Crippen LogP contribution in [0.1, 0.15) is 45.5 Å². The Morgan fingerprint density at radius 1 is 1.16 bits per heavy atom. The first-order chi connectivity index (χ1) is 8.95. The summed E-state index contributed by atoms with van der Waals surface area (Å²) in [6.07, 6.45) is 1.89. The Bertz CT molecular complexity index is 567. The van der Waals surface area contributed by atoms with Crippen molar-refractivity contribution in [3.8, 4) is 5.69 Å². The Labute approximate surface area is 119 Å². The quantitative estimate of drug-likeness (QED) is 0.843. The highest BCUT2D eigenvalue weighted by atomic mass is 35.5. The van der Waals surface area contributed by atoms with Crippen molar-refractivity contribution in [1.29, 1.82) is 0 Å². The maximum absolute atomic E-state index is 6.23. The van der Waals surface area contributed by atoms with Crippen molar-refractivity contribution in [2.75, 3.05) is 0 Å². The van der Waals surface area contributed by atoms with Crippen molar-refractivity contribution in [3.63, 3.8) is 0 Å². The molecule has 102 valence electrons. The normalized spacial score (nSPS) is 11.8. The fourth-order valence-electron chi connectivity index (χ4n) is 2.22. The third-order valence-corrected chi connectivity index (χ3v) is 3.36. The molecule has 0 aliphatic heterocycles. The molecule has 4 heteroatoms. The maximum atomic E-state index is 6.23. The van der Waals surface area contributed by atoms with Crippen LogP contribution in [-0.2, 0) is 11.8 Å². The van der Waals surface area contributed by atoms with Crippen molar-refractivity contribution in [2.45, 2.75) is 46.0 Å². The number of para-hydroxylation sites is 1. The van der Waals surface area contributed by atoms with E-state index >= 15 is 0 Å². The minimum atomic E-state index is 0.0493. The zero-order valence-corrected chi connectivity index (χ0v) is 12.7. The van der Waals surface area contributed by atoms with Gasteiger partial charge in [-0.25, -0.2) is 0 Å². The van der Waals surface area contributed by atoms with Crippen LogP contribution in [0.3, 0.4) is 0 Å². The Hall–Kier alpha value is -1.35. The van der Waals surface area contributed by atoms with Gasteiger partial charge in [-0.2, -0.15) is 0 Å². The third kappa shape index (κ3) is 2.81. The van der Waals surface area contributed by atoms with Crippen LogP contribution in [0, 0.1) is 0 Å². The van der Waals surface area contributed by atoms with Gasteiger partial charge in [0, 0.05) is 6.42 Å². The topological polar surface area (TPSA) is 30.7 Å². The van der Waals surface area contributed by atoms with Gasteiger partial charge in [0.25, 0.3) is 0 Å². The van der Waals surface area contributed by atoms with Crippen molar-refractivity contribution >= 4 is 11.6 Å². The van der Waals surface area contributed by atoms with Gasteiger partial charge >= 0.3 is 0 Å². The van der Waals surface area contributed by atoms with Crippen LogP contribution in [-0.4, -0.2) is 14.8 Å². The largest absolute Gasteiger partial charge is 0.269 e. The summed E-state index contributed by atoms with van der Waals surface area (Å²) in [4.78, 5) is 0. The molecule has 0 unspecified atom stereocenters. The Morgan fingerprint density at radius 3 is 2.47 bits per heavy atom. The smallest absolute Gasteiger partial charge is 0.229 e. The van der Waals surface area contributed by atoms with E-state index in [9.17, 15) is 0 Å². The summed E-state index contributed by atoms with van der Waals surface area (Å²) in [5.74, 6) is 0.921. The highest BCUT2D eigenvalue weighted by molar-refractivity contribution is 6.28. The molecule has 19 heavy (non-hydrogen) atoms. The van der Waals surface area contributed by atoms with Crippen LogP contribution < -0.4 is 0 Å². The maximum Gasteiger partial charge on any atom is 0.229 e. The van der Waals surface area contributed by atoms with Crippen LogP contribution in [0.25, 0.3) is 5.69 Å². The van der Waals surface area contributed by atoms with Crippen molar-refractivity contribution in [3.05, 3.63) is 40.9 Å². The number of rotatable bonds is 3. The lowest BCUT2D eigenvalue weighted by atomic mass is 9.85. The van der Waals surface area contributed by atoms with E-state index in [1.807, 2.05) is 10.6 Å². The lowest BCUT2D eigenvalue weighted by molar-refractivity contribution is 0.585. The molecule has 1 aromatic carbocycles. The molecule has 2 aromatic rings. The summed E-state index contributed by atoms with van der Waals surface area (Å²) >= 11 is 6.23. The van der Waals surface area contributed by atoms with Gasteiger partial charge in [-0.3, -0.25) is 4.57 Å². The zero-order chi connectivity index (χ0) is 14.0. The molecule has 0 spiro atoms. The van der Waals surface area contributed by atoms with Crippen LogP contribution >= 0.6 is 11.6 Å². The van der Waals surface area contributed by atoms with E-state index in [0.717, 1.165) is 24.4 Å². The Morgan fingerprint density at radius 2 is 1.84 bits per heavy atom. The van der Waals surface area contributed by atoms with Gasteiger partial charge in [0.1, 0.15) is 5.82 Å². The average molecular weight is 278 g/mol. The third-order valence-electron chi connectivity index (χ3n) is 3.12. The molecule has 0 bridgehead atoms. The summed E-state index contributed by atoms with van der Waals surface area (Å²) in [5, 5.41) is 8.63. The molecule has 0 saturated carbocycles. The lowest BCUT2D eigenvalue weighted by Gasteiger charge is -2.23. The average Bonchev–Trinajstić information content (AvgIpc) is 2.70. The van der Waals surface area contributed by atoms with Crippen molar-refractivity contribution in [1.82, 2.24) is 14.8 Å². The van der Waals surface area contributed by atoms with Gasteiger partial charge in [0.15, 0.2) is 0 Å². The minimum absolute atomic E-state index is 0.0493. The first-order valence-corrected chi connectivity index (χ1v) is 7.02. The van der Waals surface area contributed by atoms with Gasteiger partial charge in [-0.1, -0.05) is 45.9 Å². The van der Waals surface area contributed by atoms with Gasteiger partial charge in [-0.15, -0.1) is 10.2 Å². The van der Waals surface area contributed by atoms with Crippen LogP contribution in [0.4, 0.5) is 0 Å². The van der Waals surface area contributed by atoms with Gasteiger partial charge < -0.3 is 0 Å². The van der Waals surface area contributed by atoms with Crippen LogP contribution in [0.2, 0.25) is 5.28 Å². The predicted molar refractivity (Wildman–Crippen MR) is 79.1 cm³/mol. The Kier molecular flexibility index (Phi) is 3.95. The van der Waals surface area contributed by atoms with E-state index in [1.54, 1.807) is 0 Å². The molecular formula is C15H20ClN3. The van der Waals surface area contributed by atoms with Gasteiger partial charge in [0.2, 0.25) is 5.28 Å². The molecule has 2 rings (SSSR count). The monoisotopic (exact) mass is 277 g/mol. The number of benzene rings is 1. The molecular weight excluding hydrogens is 258 g/mol. The highest BCUT2D eigenvalue weighted by Crippen LogP contribution is 2.30. The first-order valence-electron chi connectivity index (χ1n) is 6.65. The van der Waals surface area contributed by atoms with Crippen molar-refractivity contribution in [2.24, 2.45) is 0 Å². The molecule has 0 aliphatic rings. The molecule has 0 atom stereocenters.